The molecule has 80 valence electrons. The van der Waals surface area contributed by atoms with Gasteiger partial charge in [-0.15, -0.1) is 0 Å². The standard InChI is InChI=1S/C11H14ClN3/c1-7-8-9(12)13-5-6-15(8)10(14-7)11(2,3)4/h5-6H,1-4H3. The van der Waals surface area contributed by atoms with Gasteiger partial charge in [-0.1, -0.05) is 32.4 Å². The zero-order chi connectivity index (χ0) is 11.2. The maximum absolute atomic E-state index is 6.05. The Hall–Kier alpha value is -1.09. The van der Waals surface area contributed by atoms with E-state index in [9.17, 15) is 0 Å². The van der Waals surface area contributed by atoms with Crippen LogP contribution in [-0.2, 0) is 5.41 Å². The van der Waals surface area contributed by atoms with E-state index in [0.29, 0.717) is 5.15 Å². The summed E-state index contributed by atoms with van der Waals surface area (Å²) in [4.78, 5) is 8.63. The number of rotatable bonds is 0. The molecule has 0 aliphatic heterocycles. The van der Waals surface area contributed by atoms with E-state index in [-0.39, 0.29) is 5.41 Å². The van der Waals surface area contributed by atoms with Crippen LogP contribution in [0.5, 0.6) is 0 Å². The third-order valence-corrected chi connectivity index (χ3v) is 2.63. The Morgan fingerprint density at radius 3 is 2.60 bits per heavy atom. The first kappa shape index (κ1) is 10.4. The van der Waals surface area contributed by atoms with Gasteiger partial charge >= 0.3 is 0 Å². The summed E-state index contributed by atoms with van der Waals surface area (Å²) in [6.07, 6.45) is 3.60. The van der Waals surface area contributed by atoms with Crippen molar-refractivity contribution in [1.82, 2.24) is 14.4 Å². The van der Waals surface area contributed by atoms with E-state index in [1.54, 1.807) is 6.20 Å². The van der Waals surface area contributed by atoms with E-state index in [0.717, 1.165) is 17.0 Å². The fourth-order valence-corrected chi connectivity index (χ4v) is 1.98. The molecule has 15 heavy (non-hydrogen) atoms. The first-order valence-corrected chi connectivity index (χ1v) is 5.28. The second-order valence-electron chi connectivity index (χ2n) is 4.71. The van der Waals surface area contributed by atoms with Crippen LogP contribution in [-0.4, -0.2) is 14.4 Å². The fraction of sp³-hybridized carbons (Fsp3) is 0.455. The molecule has 0 fully saturated rings. The molecule has 0 atom stereocenters. The highest BCUT2D eigenvalue weighted by Gasteiger charge is 2.22. The van der Waals surface area contributed by atoms with Crippen LogP contribution in [0.15, 0.2) is 12.4 Å². The van der Waals surface area contributed by atoms with Gasteiger partial charge in [0.2, 0.25) is 0 Å². The van der Waals surface area contributed by atoms with Crippen molar-refractivity contribution in [2.24, 2.45) is 0 Å². The molecule has 0 aliphatic rings. The van der Waals surface area contributed by atoms with Crippen molar-refractivity contribution < 1.29 is 0 Å². The zero-order valence-electron chi connectivity index (χ0n) is 9.37. The molecular formula is C11H14ClN3. The summed E-state index contributed by atoms with van der Waals surface area (Å²) in [5.74, 6) is 1.01. The molecule has 2 aromatic heterocycles. The van der Waals surface area contributed by atoms with Crippen LogP contribution >= 0.6 is 11.6 Å². The average molecular weight is 224 g/mol. The van der Waals surface area contributed by atoms with Gasteiger partial charge < -0.3 is 0 Å². The molecule has 3 nitrogen and oxygen atoms in total. The molecule has 0 spiro atoms. The molecule has 2 rings (SSSR count). The van der Waals surface area contributed by atoms with Crippen LogP contribution in [0.1, 0.15) is 32.3 Å². The summed E-state index contributed by atoms with van der Waals surface area (Å²) in [5, 5.41) is 0.512. The highest BCUT2D eigenvalue weighted by atomic mass is 35.5. The van der Waals surface area contributed by atoms with Crippen molar-refractivity contribution in [2.75, 3.05) is 0 Å². The number of fused-ring (bicyclic) bond motifs is 1. The van der Waals surface area contributed by atoms with Crippen molar-refractivity contribution in [2.45, 2.75) is 33.1 Å². The van der Waals surface area contributed by atoms with Crippen LogP contribution in [0.25, 0.3) is 5.52 Å². The fourth-order valence-electron chi connectivity index (χ4n) is 1.70. The number of hydrogen-bond acceptors (Lipinski definition) is 2. The molecule has 0 unspecified atom stereocenters. The van der Waals surface area contributed by atoms with Crippen LogP contribution in [0.2, 0.25) is 5.15 Å². The Bertz CT molecular complexity index is 508. The molecule has 0 aromatic carbocycles. The van der Waals surface area contributed by atoms with Gasteiger partial charge in [-0.3, -0.25) is 4.40 Å². The summed E-state index contributed by atoms with van der Waals surface area (Å²) in [6.45, 7) is 8.36. The lowest BCUT2D eigenvalue weighted by Crippen LogP contribution is -2.15. The molecule has 0 aliphatic carbocycles. The molecule has 0 amide bonds. The molecule has 0 saturated carbocycles. The summed E-state index contributed by atoms with van der Waals surface area (Å²) in [7, 11) is 0. The van der Waals surface area contributed by atoms with Gasteiger partial charge in [0.15, 0.2) is 5.15 Å². The molecule has 0 bridgehead atoms. The van der Waals surface area contributed by atoms with Crippen molar-refractivity contribution >= 4 is 17.1 Å². The minimum Gasteiger partial charge on any atom is -0.299 e. The van der Waals surface area contributed by atoms with E-state index in [1.807, 2.05) is 17.5 Å². The first-order valence-electron chi connectivity index (χ1n) is 4.91. The molecule has 0 N–H and O–H groups in total. The lowest BCUT2D eigenvalue weighted by atomic mass is 9.96. The SMILES string of the molecule is Cc1nc(C(C)(C)C)n2ccnc(Cl)c12. The molecular weight excluding hydrogens is 210 g/mol. The molecule has 0 saturated heterocycles. The molecule has 2 aromatic rings. The minimum absolute atomic E-state index is 0.00184. The zero-order valence-corrected chi connectivity index (χ0v) is 10.1. The van der Waals surface area contributed by atoms with E-state index in [4.69, 9.17) is 11.6 Å². The highest BCUT2D eigenvalue weighted by molar-refractivity contribution is 6.32. The minimum atomic E-state index is 0.00184. The second-order valence-corrected chi connectivity index (χ2v) is 5.07. The Morgan fingerprint density at radius 2 is 2.00 bits per heavy atom. The van der Waals surface area contributed by atoms with Crippen molar-refractivity contribution in [1.29, 1.82) is 0 Å². The Kier molecular flexibility index (Phi) is 2.23. The van der Waals surface area contributed by atoms with Crippen LogP contribution in [0.3, 0.4) is 0 Å². The summed E-state index contributed by atoms with van der Waals surface area (Å²) >= 11 is 6.05. The van der Waals surface area contributed by atoms with Crippen LogP contribution in [0.4, 0.5) is 0 Å². The van der Waals surface area contributed by atoms with Gasteiger partial charge in [0.1, 0.15) is 11.3 Å². The number of halogens is 1. The number of hydrogen-bond donors (Lipinski definition) is 0. The van der Waals surface area contributed by atoms with E-state index < -0.39 is 0 Å². The van der Waals surface area contributed by atoms with E-state index in [1.165, 1.54) is 0 Å². The molecule has 0 radical (unpaired) electrons. The average Bonchev–Trinajstić information content (AvgIpc) is 2.44. The van der Waals surface area contributed by atoms with Crippen molar-refractivity contribution in [3.05, 3.63) is 29.1 Å². The summed E-state index contributed by atoms with van der Waals surface area (Å²) in [5.41, 5.74) is 1.84. The second kappa shape index (κ2) is 3.20. The van der Waals surface area contributed by atoms with Gasteiger partial charge in [-0.05, 0) is 6.92 Å². The topological polar surface area (TPSA) is 30.2 Å². The predicted octanol–water partition coefficient (Wildman–Crippen LogP) is 2.99. The smallest absolute Gasteiger partial charge is 0.154 e. The maximum Gasteiger partial charge on any atom is 0.154 e. The molecule has 2 heterocycles. The Balaban J connectivity index is 2.85. The summed E-state index contributed by atoms with van der Waals surface area (Å²) in [6, 6.07) is 0. The van der Waals surface area contributed by atoms with Gasteiger partial charge in [0, 0.05) is 17.8 Å². The van der Waals surface area contributed by atoms with Crippen molar-refractivity contribution in [3.8, 4) is 0 Å². The molecule has 4 heteroatoms. The first-order chi connectivity index (χ1) is 6.91. The number of aryl methyl sites for hydroxylation is 1. The van der Waals surface area contributed by atoms with E-state index in [2.05, 4.69) is 30.7 Å². The van der Waals surface area contributed by atoms with E-state index >= 15 is 0 Å². The Morgan fingerprint density at radius 1 is 1.33 bits per heavy atom. The van der Waals surface area contributed by atoms with Crippen LogP contribution in [0, 0.1) is 6.92 Å². The van der Waals surface area contributed by atoms with Gasteiger partial charge in [0.25, 0.3) is 0 Å². The highest BCUT2D eigenvalue weighted by Crippen LogP contribution is 2.26. The van der Waals surface area contributed by atoms with Gasteiger partial charge in [-0.2, -0.15) is 0 Å². The third kappa shape index (κ3) is 1.61. The third-order valence-electron chi connectivity index (χ3n) is 2.36. The lowest BCUT2D eigenvalue weighted by molar-refractivity contribution is 0.542. The largest absolute Gasteiger partial charge is 0.299 e. The lowest BCUT2D eigenvalue weighted by Gasteiger charge is -2.16. The summed E-state index contributed by atoms with van der Waals surface area (Å²) < 4.78 is 2.02. The number of imidazole rings is 1. The van der Waals surface area contributed by atoms with Gasteiger partial charge in [0.05, 0.1) is 5.69 Å². The van der Waals surface area contributed by atoms with Gasteiger partial charge in [-0.25, -0.2) is 9.97 Å². The monoisotopic (exact) mass is 223 g/mol. The normalized spacial score (nSPS) is 12.3. The quantitative estimate of drug-likeness (QED) is 0.687. The Labute approximate surface area is 94.1 Å². The number of aromatic nitrogens is 3. The van der Waals surface area contributed by atoms with Crippen molar-refractivity contribution in [3.63, 3.8) is 0 Å². The van der Waals surface area contributed by atoms with Crippen LogP contribution < -0.4 is 0 Å². The number of nitrogens with zero attached hydrogens (tertiary/aromatic N) is 3. The predicted molar refractivity (Wildman–Crippen MR) is 61.4 cm³/mol. The maximum atomic E-state index is 6.05.